The van der Waals surface area contributed by atoms with Crippen LogP contribution in [-0.4, -0.2) is 19.1 Å². The van der Waals surface area contributed by atoms with E-state index in [4.69, 9.17) is 0 Å². The molecule has 1 heterocycles. The summed E-state index contributed by atoms with van der Waals surface area (Å²) in [5.74, 6) is 0. The molecule has 0 aliphatic heterocycles. The Morgan fingerprint density at radius 1 is 1.05 bits per heavy atom. The molecule has 0 bridgehead atoms. The molecule has 0 unspecified atom stereocenters. The summed E-state index contributed by atoms with van der Waals surface area (Å²) < 4.78 is 1.11. The average Bonchev–Trinajstić information content (AvgIpc) is 2.81. The number of nitrogens with one attached hydrogen (secondary N) is 1. The number of nitrogens with zero attached hydrogens (tertiary/aromatic N) is 1. The first-order valence-electron chi connectivity index (χ1n) is 6.65. The molecule has 1 N–H and O–H groups in total. The summed E-state index contributed by atoms with van der Waals surface area (Å²) in [7, 11) is 4.12. The molecule has 2 nitrogen and oxygen atoms in total. The van der Waals surface area contributed by atoms with Gasteiger partial charge in [-0.1, -0.05) is 34.1 Å². The SMILES string of the molecule is CN(C)c1ccc(Cc2c[nH]c3cc(Br)ccc23)cc1. The lowest BCUT2D eigenvalue weighted by Crippen LogP contribution is -2.08. The quantitative estimate of drug-likeness (QED) is 0.745. The van der Waals surface area contributed by atoms with Crippen LogP contribution in [-0.2, 0) is 6.42 Å². The summed E-state index contributed by atoms with van der Waals surface area (Å²) in [5.41, 5.74) is 5.08. The largest absolute Gasteiger partial charge is 0.378 e. The van der Waals surface area contributed by atoms with Gasteiger partial charge in [-0.05, 0) is 41.8 Å². The highest BCUT2D eigenvalue weighted by molar-refractivity contribution is 9.10. The average molecular weight is 329 g/mol. The monoisotopic (exact) mass is 328 g/mol. The highest BCUT2D eigenvalue weighted by Crippen LogP contribution is 2.24. The van der Waals surface area contributed by atoms with E-state index < -0.39 is 0 Å². The van der Waals surface area contributed by atoms with Gasteiger partial charge in [0, 0.05) is 41.4 Å². The molecule has 0 amide bonds. The Morgan fingerprint density at radius 3 is 2.50 bits per heavy atom. The lowest BCUT2D eigenvalue weighted by molar-refractivity contribution is 1.12. The van der Waals surface area contributed by atoms with E-state index in [1.807, 2.05) is 0 Å². The Balaban J connectivity index is 1.89. The molecule has 0 saturated heterocycles. The molecule has 3 rings (SSSR count). The molecular weight excluding hydrogens is 312 g/mol. The molecule has 1 aromatic heterocycles. The summed E-state index contributed by atoms with van der Waals surface area (Å²) in [6, 6.07) is 15.1. The second kappa shape index (κ2) is 5.33. The van der Waals surface area contributed by atoms with E-state index >= 15 is 0 Å². The van der Waals surface area contributed by atoms with Crippen LogP contribution in [0.5, 0.6) is 0 Å². The van der Waals surface area contributed by atoms with Crippen molar-refractivity contribution in [3.05, 3.63) is 64.3 Å². The van der Waals surface area contributed by atoms with Crippen molar-refractivity contribution in [3.63, 3.8) is 0 Å². The molecule has 0 saturated carbocycles. The normalized spacial score (nSPS) is 10.9. The van der Waals surface area contributed by atoms with Crippen molar-refractivity contribution in [2.24, 2.45) is 0 Å². The van der Waals surface area contributed by atoms with Crippen molar-refractivity contribution in [1.82, 2.24) is 4.98 Å². The van der Waals surface area contributed by atoms with Gasteiger partial charge in [0.15, 0.2) is 0 Å². The van der Waals surface area contributed by atoms with Crippen molar-refractivity contribution in [2.75, 3.05) is 19.0 Å². The molecule has 0 atom stereocenters. The first kappa shape index (κ1) is 13.3. The Hall–Kier alpha value is -1.74. The highest BCUT2D eigenvalue weighted by atomic mass is 79.9. The number of aromatic amines is 1. The van der Waals surface area contributed by atoms with Crippen LogP contribution in [0.25, 0.3) is 10.9 Å². The molecule has 3 aromatic rings. The second-order valence-corrected chi connectivity index (χ2v) is 6.16. The molecule has 0 aliphatic rings. The van der Waals surface area contributed by atoms with Crippen molar-refractivity contribution in [3.8, 4) is 0 Å². The smallest absolute Gasteiger partial charge is 0.0468 e. The van der Waals surface area contributed by atoms with Crippen LogP contribution in [0.4, 0.5) is 5.69 Å². The van der Waals surface area contributed by atoms with Crippen molar-refractivity contribution >= 4 is 32.5 Å². The predicted molar refractivity (Wildman–Crippen MR) is 89.6 cm³/mol. The number of hydrogen-bond acceptors (Lipinski definition) is 1. The van der Waals surface area contributed by atoms with Gasteiger partial charge in [-0.25, -0.2) is 0 Å². The highest BCUT2D eigenvalue weighted by Gasteiger charge is 2.05. The van der Waals surface area contributed by atoms with Gasteiger partial charge >= 0.3 is 0 Å². The first-order chi connectivity index (χ1) is 9.63. The van der Waals surface area contributed by atoms with Crippen LogP contribution in [0.15, 0.2) is 53.1 Å². The van der Waals surface area contributed by atoms with E-state index in [2.05, 4.69) is 88.6 Å². The van der Waals surface area contributed by atoms with Crippen molar-refractivity contribution in [1.29, 1.82) is 0 Å². The topological polar surface area (TPSA) is 19.0 Å². The summed E-state index contributed by atoms with van der Waals surface area (Å²) in [6.45, 7) is 0. The molecule has 0 radical (unpaired) electrons. The van der Waals surface area contributed by atoms with Crippen molar-refractivity contribution in [2.45, 2.75) is 6.42 Å². The number of H-pyrrole nitrogens is 1. The third-order valence-electron chi connectivity index (χ3n) is 3.58. The molecular formula is C17H17BrN2. The third kappa shape index (κ3) is 2.59. The van der Waals surface area contributed by atoms with E-state index in [1.54, 1.807) is 0 Å². The number of fused-ring (bicyclic) bond motifs is 1. The lowest BCUT2D eigenvalue weighted by atomic mass is 10.0. The fourth-order valence-corrected chi connectivity index (χ4v) is 2.80. The Morgan fingerprint density at radius 2 is 1.80 bits per heavy atom. The van der Waals surface area contributed by atoms with Gasteiger partial charge in [0.05, 0.1) is 0 Å². The fourth-order valence-electron chi connectivity index (χ4n) is 2.44. The molecule has 3 heteroatoms. The summed E-state index contributed by atoms with van der Waals surface area (Å²) >= 11 is 3.51. The molecule has 2 aromatic carbocycles. The standard InChI is InChI=1S/C17H17BrN2/c1-20(2)15-6-3-12(4-7-15)9-13-11-19-17-10-14(18)5-8-16(13)17/h3-8,10-11,19H,9H2,1-2H3. The van der Waals surface area contributed by atoms with Gasteiger partial charge in [-0.3, -0.25) is 0 Å². The third-order valence-corrected chi connectivity index (χ3v) is 4.07. The second-order valence-electron chi connectivity index (χ2n) is 5.24. The van der Waals surface area contributed by atoms with E-state index in [0.717, 1.165) is 10.9 Å². The van der Waals surface area contributed by atoms with Gasteiger partial charge < -0.3 is 9.88 Å². The van der Waals surface area contributed by atoms with Gasteiger partial charge in [-0.15, -0.1) is 0 Å². The number of halogens is 1. The minimum Gasteiger partial charge on any atom is -0.378 e. The molecule has 0 spiro atoms. The maximum absolute atomic E-state index is 3.51. The summed E-state index contributed by atoms with van der Waals surface area (Å²) in [5, 5.41) is 1.30. The van der Waals surface area contributed by atoms with Crippen LogP contribution in [0.2, 0.25) is 0 Å². The number of hydrogen-bond donors (Lipinski definition) is 1. The zero-order valence-corrected chi connectivity index (χ0v) is 13.2. The van der Waals surface area contributed by atoms with E-state index in [-0.39, 0.29) is 0 Å². The van der Waals surface area contributed by atoms with Crippen LogP contribution in [0, 0.1) is 0 Å². The maximum Gasteiger partial charge on any atom is 0.0468 e. The van der Waals surface area contributed by atoms with E-state index in [9.17, 15) is 0 Å². The minimum absolute atomic E-state index is 0.954. The van der Waals surface area contributed by atoms with Crippen LogP contribution in [0.1, 0.15) is 11.1 Å². The van der Waals surface area contributed by atoms with Gasteiger partial charge in [0.25, 0.3) is 0 Å². The number of aromatic nitrogens is 1. The summed E-state index contributed by atoms with van der Waals surface area (Å²) in [6.07, 6.45) is 3.06. The van der Waals surface area contributed by atoms with Crippen LogP contribution in [0.3, 0.4) is 0 Å². The van der Waals surface area contributed by atoms with Gasteiger partial charge in [0.1, 0.15) is 0 Å². The van der Waals surface area contributed by atoms with Crippen molar-refractivity contribution < 1.29 is 0 Å². The minimum atomic E-state index is 0.954. The van der Waals surface area contributed by atoms with Crippen LogP contribution >= 0.6 is 15.9 Å². The predicted octanol–water partition coefficient (Wildman–Crippen LogP) is 4.59. The van der Waals surface area contributed by atoms with E-state index in [1.165, 1.54) is 27.7 Å². The number of anilines is 1. The van der Waals surface area contributed by atoms with E-state index in [0.29, 0.717) is 0 Å². The Kier molecular flexibility index (Phi) is 3.53. The Labute approximate surface area is 127 Å². The van der Waals surface area contributed by atoms with Crippen LogP contribution < -0.4 is 4.90 Å². The molecule has 0 fully saturated rings. The van der Waals surface area contributed by atoms with Gasteiger partial charge in [0.2, 0.25) is 0 Å². The molecule has 0 aliphatic carbocycles. The number of benzene rings is 2. The zero-order chi connectivity index (χ0) is 14.1. The zero-order valence-electron chi connectivity index (χ0n) is 11.7. The maximum atomic E-state index is 3.51. The Bertz CT molecular complexity index is 726. The first-order valence-corrected chi connectivity index (χ1v) is 7.44. The number of rotatable bonds is 3. The fraction of sp³-hybridized carbons (Fsp3) is 0.176. The molecule has 20 heavy (non-hydrogen) atoms. The lowest BCUT2D eigenvalue weighted by Gasteiger charge is -2.12. The molecule has 102 valence electrons. The van der Waals surface area contributed by atoms with Gasteiger partial charge in [-0.2, -0.15) is 0 Å². The summed E-state index contributed by atoms with van der Waals surface area (Å²) in [4.78, 5) is 5.46.